The lowest BCUT2D eigenvalue weighted by atomic mass is 10.0. The van der Waals surface area contributed by atoms with E-state index in [0.29, 0.717) is 0 Å². The van der Waals surface area contributed by atoms with E-state index in [-0.39, 0.29) is 0 Å². The van der Waals surface area contributed by atoms with Crippen LogP contribution in [0.2, 0.25) is 0 Å². The van der Waals surface area contributed by atoms with Gasteiger partial charge in [0.1, 0.15) is 0 Å². The van der Waals surface area contributed by atoms with E-state index in [1.54, 1.807) is 0 Å². The number of benzene rings is 2. The standard InChI is InChI=1S/C14H14N2S/c15-12-3-1-2-10(8-12)11-4-5-13-14(9-11)17-7-6-16-13/h1-5,8-9,16H,6-7,15H2. The Kier molecular flexibility index (Phi) is 2.69. The summed E-state index contributed by atoms with van der Waals surface area (Å²) in [5, 5.41) is 3.41. The summed E-state index contributed by atoms with van der Waals surface area (Å²) in [6.07, 6.45) is 0. The second-order valence-electron chi connectivity index (χ2n) is 4.11. The third-order valence-electron chi connectivity index (χ3n) is 2.88. The molecule has 0 aliphatic carbocycles. The summed E-state index contributed by atoms with van der Waals surface area (Å²) < 4.78 is 0. The van der Waals surface area contributed by atoms with Crippen LogP contribution < -0.4 is 11.1 Å². The predicted molar refractivity (Wildman–Crippen MR) is 75.5 cm³/mol. The van der Waals surface area contributed by atoms with Gasteiger partial charge in [-0.1, -0.05) is 18.2 Å². The van der Waals surface area contributed by atoms with Crippen LogP contribution in [-0.4, -0.2) is 12.3 Å². The monoisotopic (exact) mass is 242 g/mol. The van der Waals surface area contributed by atoms with Crippen LogP contribution in [0.3, 0.4) is 0 Å². The zero-order valence-electron chi connectivity index (χ0n) is 9.44. The van der Waals surface area contributed by atoms with Crippen LogP contribution >= 0.6 is 11.8 Å². The Hall–Kier alpha value is -1.61. The molecule has 2 aromatic carbocycles. The number of nitrogen functional groups attached to an aromatic ring is 1. The van der Waals surface area contributed by atoms with Crippen LogP contribution in [0.1, 0.15) is 0 Å². The summed E-state index contributed by atoms with van der Waals surface area (Å²) in [5.41, 5.74) is 10.3. The molecule has 0 unspecified atom stereocenters. The fourth-order valence-electron chi connectivity index (χ4n) is 2.03. The fourth-order valence-corrected chi connectivity index (χ4v) is 2.96. The van der Waals surface area contributed by atoms with Crippen molar-refractivity contribution in [2.24, 2.45) is 0 Å². The maximum atomic E-state index is 5.82. The van der Waals surface area contributed by atoms with Gasteiger partial charge in [-0.05, 0) is 35.4 Å². The molecule has 1 aliphatic heterocycles. The van der Waals surface area contributed by atoms with Gasteiger partial charge in [0.15, 0.2) is 0 Å². The van der Waals surface area contributed by atoms with E-state index >= 15 is 0 Å². The van der Waals surface area contributed by atoms with Crippen LogP contribution in [-0.2, 0) is 0 Å². The van der Waals surface area contributed by atoms with Gasteiger partial charge in [-0.3, -0.25) is 0 Å². The van der Waals surface area contributed by atoms with E-state index in [0.717, 1.165) is 18.0 Å². The molecule has 0 spiro atoms. The number of hydrogen-bond acceptors (Lipinski definition) is 3. The number of fused-ring (bicyclic) bond motifs is 1. The van der Waals surface area contributed by atoms with Gasteiger partial charge in [-0.2, -0.15) is 0 Å². The Morgan fingerprint density at radius 2 is 1.94 bits per heavy atom. The van der Waals surface area contributed by atoms with E-state index < -0.39 is 0 Å². The minimum absolute atomic E-state index is 0.811. The highest BCUT2D eigenvalue weighted by Crippen LogP contribution is 2.34. The predicted octanol–water partition coefficient (Wildman–Crippen LogP) is 3.45. The first-order chi connectivity index (χ1) is 8.33. The number of thioether (sulfide) groups is 1. The molecular weight excluding hydrogens is 228 g/mol. The zero-order chi connectivity index (χ0) is 11.7. The van der Waals surface area contributed by atoms with Gasteiger partial charge in [0.05, 0.1) is 0 Å². The number of anilines is 2. The Labute approximate surface area is 105 Å². The Bertz CT molecular complexity index is 552. The first-order valence-electron chi connectivity index (χ1n) is 5.69. The average Bonchev–Trinajstić information content (AvgIpc) is 2.38. The Morgan fingerprint density at radius 3 is 2.82 bits per heavy atom. The summed E-state index contributed by atoms with van der Waals surface area (Å²) in [6, 6.07) is 14.6. The minimum Gasteiger partial charge on any atom is -0.399 e. The molecule has 1 heterocycles. The molecule has 1 aliphatic rings. The van der Waals surface area contributed by atoms with Gasteiger partial charge < -0.3 is 11.1 Å². The first kappa shape index (κ1) is 10.5. The lowest BCUT2D eigenvalue weighted by Crippen LogP contribution is -2.09. The van der Waals surface area contributed by atoms with Crippen molar-refractivity contribution in [3.8, 4) is 11.1 Å². The van der Waals surface area contributed by atoms with Crippen molar-refractivity contribution in [1.82, 2.24) is 0 Å². The Morgan fingerprint density at radius 1 is 1.06 bits per heavy atom. The quantitative estimate of drug-likeness (QED) is 0.752. The summed E-state index contributed by atoms with van der Waals surface area (Å²) in [7, 11) is 0. The summed E-state index contributed by atoms with van der Waals surface area (Å²) in [5.74, 6) is 1.13. The van der Waals surface area contributed by atoms with Crippen molar-refractivity contribution in [3.05, 3.63) is 42.5 Å². The number of nitrogens with one attached hydrogen (secondary N) is 1. The average molecular weight is 242 g/mol. The molecule has 0 radical (unpaired) electrons. The highest BCUT2D eigenvalue weighted by molar-refractivity contribution is 7.99. The van der Waals surface area contributed by atoms with E-state index in [1.165, 1.54) is 21.7 Å². The van der Waals surface area contributed by atoms with Crippen LogP contribution in [0.15, 0.2) is 47.4 Å². The van der Waals surface area contributed by atoms with Crippen molar-refractivity contribution in [2.75, 3.05) is 23.3 Å². The Balaban J connectivity index is 2.04. The lowest BCUT2D eigenvalue weighted by molar-refractivity contribution is 1.17. The van der Waals surface area contributed by atoms with Crippen molar-refractivity contribution < 1.29 is 0 Å². The number of nitrogens with two attached hydrogens (primary N) is 1. The molecule has 3 N–H and O–H groups in total. The van der Waals surface area contributed by atoms with Gasteiger partial charge in [-0.25, -0.2) is 0 Å². The lowest BCUT2D eigenvalue weighted by Gasteiger charge is -2.18. The molecule has 0 aromatic heterocycles. The summed E-state index contributed by atoms with van der Waals surface area (Å²) >= 11 is 1.91. The van der Waals surface area contributed by atoms with Crippen LogP contribution in [0.4, 0.5) is 11.4 Å². The molecule has 0 saturated heterocycles. The molecular formula is C14H14N2S. The van der Waals surface area contributed by atoms with Crippen LogP contribution in [0, 0.1) is 0 Å². The summed E-state index contributed by atoms with van der Waals surface area (Å²) in [6.45, 7) is 1.05. The smallest absolute Gasteiger partial charge is 0.0479 e. The maximum absolute atomic E-state index is 5.82. The fraction of sp³-hybridized carbons (Fsp3) is 0.143. The molecule has 2 aromatic rings. The van der Waals surface area contributed by atoms with Crippen LogP contribution in [0.25, 0.3) is 11.1 Å². The SMILES string of the molecule is Nc1cccc(-c2ccc3c(c2)SCCN3)c1. The number of hydrogen-bond donors (Lipinski definition) is 2. The molecule has 0 atom stereocenters. The molecule has 2 nitrogen and oxygen atoms in total. The van der Waals surface area contributed by atoms with Crippen molar-refractivity contribution >= 4 is 23.1 Å². The molecule has 0 bridgehead atoms. The van der Waals surface area contributed by atoms with Crippen LogP contribution in [0.5, 0.6) is 0 Å². The molecule has 3 heteroatoms. The maximum Gasteiger partial charge on any atom is 0.0479 e. The molecule has 3 rings (SSSR count). The second kappa shape index (κ2) is 4.34. The largest absolute Gasteiger partial charge is 0.399 e. The molecule has 17 heavy (non-hydrogen) atoms. The third-order valence-corrected chi connectivity index (χ3v) is 3.93. The first-order valence-corrected chi connectivity index (χ1v) is 6.68. The highest BCUT2D eigenvalue weighted by Gasteiger charge is 2.09. The van der Waals surface area contributed by atoms with E-state index in [4.69, 9.17) is 5.73 Å². The van der Waals surface area contributed by atoms with Gasteiger partial charge in [0.25, 0.3) is 0 Å². The minimum atomic E-state index is 0.811. The van der Waals surface area contributed by atoms with Crippen molar-refractivity contribution in [1.29, 1.82) is 0 Å². The van der Waals surface area contributed by atoms with Gasteiger partial charge in [0.2, 0.25) is 0 Å². The summed E-state index contributed by atoms with van der Waals surface area (Å²) in [4.78, 5) is 1.33. The topological polar surface area (TPSA) is 38.0 Å². The number of rotatable bonds is 1. The van der Waals surface area contributed by atoms with Crippen molar-refractivity contribution in [3.63, 3.8) is 0 Å². The van der Waals surface area contributed by atoms with E-state index in [1.807, 2.05) is 30.0 Å². The molecule has 0 fully saturated rings. The van der Waals surface area contributed by atoms with Gasteiger partial charge in [-0.15, -0.1) is 11.8 Å². The van der Waals surface area contributed by atoms with Crippen molar-refractivity contribution in [2.45, 2.75) is 4.90 Å². The van der Waals surface area contributed by atoms with E-state index in [9.17, 15) is 0 Å². The molecule has 86 valence electrons. The normalized spacial score (nSPS) is 13.9. The van der Waals surface area contributed by atoms with Gasteiger partial charge >= 0.3 is 0 Å². The molecule has 0 amide bonds. The second-order valence-corrected chi connectivity index (χ2v) is 5.25. The zero-order valence-corrected chi connectivity index (χ0v) is 10.3. The molecule has 0 saturated carbocycles. The van der Waals surface area contributed by atoms with Gasteiger partial charge in [0, 0.05) is 28.6 Å². The van der Waals surface area contributed by atoms with E-state index in [2.05, 4.69) is 29.6 Å². The highest BCUT2D eigenvalue weighted by atomic mass is 32.2. The third kappa shape index (κ3) is 2.11.